The summed E-state index contributed by atoms with van der Waals surface area (Å²) in [7, 11) is 0. The quantitative estimate of drug-likeness (QED) is 0.756. The SMILES string of the molecule is CC(NCCOCc1ccc(Br)cc1)c1cccs1. The minimum Gasteiger partial charge on any atom is -0.375 e. The van der Waals surface area contributed by atoms with Gasteiger partial charge in [0.15, 0.2) is 0 Å². The fourth-order valence-corrected chi connectivity index (χ4v) is 2.78. The van der Waals surface area contributed by atoms with Crippen molar-refractivity contribution in [3.63, 3.8) is 0 Å². The average Bonchev–Trinajstić information content (AvgIpc) is 2.94. The first-order valence-corrected chi connectivity index (χ1v) is 8.02. The standard InChI is InChI=1S/C15H18BrNOS/c1-12(15-3-2-10-19-15)17-8-9-18-11-13-4-6-14(16)7-5-13/h2-7,10,12,17H,8-9,11H2,1H3. The molecule has 0 spiro atoms. The molecule has 1 heterocycles. The Morgan fingerprint density at radius 1 is 1.26 bits per heavy atom. The van der Waals surface area contributed by atoms with Crippen molar-refractivity contribution in [2.45, 2.75) is 19.6 Å². The summed E-state index contributed by atoms with van der Waals surface area (Å²) in [5.74, 6) is 0. The molecule has 1 aromatic carbocycles. The Labute approximate surface area is 126 Å². The first kappa shape index (κ1) is 14.7. The minimum absolute atomic E-state index is 0.399. The summed E-state index contributed by atoms with van der Waals surface area (Å²) in [5, 5.41) is 5.57. The van der Waals surface area contributed by atoms with Crippen molar-refractivity contribution >= 4 is 27.3 Å². The van der Waals surface area contributed by atoms with Crippen LogP contribution in [0, 0.1) is 0 Å². The molecule has 0 saturated carbocycles. The molecular formula is C15H18BrNOS. The molecule has 19 heavy (non-hydrogen) atoms. The number of rotatable bonds is 7. The highest BCUT2D eigenvalue weighted by atomic mass is 79.9. The number of benzene rings is 1. The summed E-state index contributed by atoms with van der Waals surface area (Å²) in [6, 6.07) is 12.9. The zero-order valence-corrected chi connectivity index (χ0v) is 13.3. The van der Waals surface area contributed by atoms with E-state index in [9.17, 15) is 0 Å². The molecule has 0 bridgehead atoms. The molecule has 1 N–H and O–H groups in total. The highest BCUT2D eigenvalue weighted by Crippen LogP contribution is 2.17. The van der Waals surface area contributed by atoms with E-state index >= 15 is 0 Å². The van der Waals surface area contributed by atoms with Crippen LogP contribution in [0.4, 0.5) is 0 Å². The van der Waals surface area contributed by atoms with Gasteiger partial charge in [-0.2, -0.15) is 0 Å². The number of hydrogen-bond donors (Lipinski definition) is 1. The molecule has 2 rings (SSSR count). The van der Waals surface area contributed by atoms with Crippen LogP contribution in [0.25, 0.3) is 0 Å². The van der Waals surface area contributed by atoms with Crippen molar-refractivity contribution in [3.05, 3.63) is 56.7 Å². The lowest BCUT2D eigenvalue weighted by Gasteiger charge is -2.12. The van der Waals surface area contributed by atoms with Crippen LogP contribution in [0.5, 0.6) is 0 Å². The predicted octanol–water partition coefficient (Wildman–Crippen LogP) is 4.38. The maximum Gasteiger partial charge on any atom is 0.0717 e. The zero-order chi connectivity index (χ0) is 13.5. The minimum atomic E-state index is 0.399. The molecule has 4 heteroatoms. The summed E-state index contributed by atoms with van der Waals surface area (Å²) < 4.78 is 6.75. The van der Waals surface area contributed by atoms with E-state index in [1.807, 2.05) is 12.1 Å². The third kappa shape index (κ3) is 5.07. The molecule has 1 aromatic heterocycles. The number of hydrogen-bond acceptors (Lipinski definition) is 3. The number of ether oxygens (including phenoxy) is 1. The second kappa shape index (κ2) is 7.80. The van der Waals surface area contributed by atoms with Crippen molar-refractivity contribution in [2.75, 3.05) is 13.2 Å². The highest BCUT2D eigenvalue weighted by Gasteiger charge is 2.04. The zero-order valence-electron chi connectivity index (χ0n) is 10.9. The third-order valence-electron chi connectivity index (χ3n) is 2.85. The van der Waals surface area contributed by atoms with Gasteiger partial charge in [-0.15, -0.1) is 11.3 Å². The van der Waals surface area contributed by atoms with Crippen LogP contribution in [0.1, 0.15) is 23.4 Å². The van der Waals surface area contributed by atoms with Gasteiger partial charge in [-0.05, 0) is 36.1 Å². The van der Waals surface area contributed by atoms with E-state index < -0.39 is 0 Å². The lowest BCUT2D eigenvalue weighted by Crippen LogP contribution is -2.22. The van der Waals surface area contributed by atoms with Crippen LogP contribution in [0.2, 0.25) is 0 Å². The molecule has 0 aliphatic rings. The fourth-order valence-electron chi connectivity index (χ4n) is 1.76. The molecular weight excluding hydrogens is 322 g/mol. The van der Waals surface area contributed by atoms with Crippen molar-refractivity contribution in [1.82, 2.24) is 5.32 Å². The van der Waals surface area contributed by atoms with E-state index in [2.05, 4.69) is 57.8 Å². The molecule has 0 aliphatic carbocycles. The van der Waals surface area contributed by atoms with Gasteiger partial charge in [-0.1, -0.05) is 34.1 Å². The molecule has 0 fully saturated rings. The Morgan fingerprint density at radius 2 is 2.05 bits per heavy atom. The summed E-state index contributed by atoms with van der Waals surface area (Å²) >= 11 is 5.21. The monoisotopic (exact) mass is 339 g/mol. The van der Waals surface area contributed by atoms with Gasteiger partial charge in [0, 0.05) is 21.9 Å². The van der Waals surface area contributed by atoms with Crippen molar-refractivity contribution < 1.29 is 4.74 Å². The first-order valence-electron chi connectivity index (χ1n) is 6.34. The van der Waals surface area contributed by atoms with Gasteiger partial charge in [0.25, 0.3) is 0 Å². The van der Waals surface area contributed by atoms with E-state index in [1.54, 1.807) is 11.3 Å². The molecule has 1 atom stereocenters. The maximum atomic E-state index is 5.65. The fraction of sp³-hybridized carbons (Fsp3) is 0.333. The lowest BCUT2D eigenvalue weighted by atomic mass is 10.2. The molecule has 2 aromatic rings. The van der Waals surface area contributed by atoms with Crippen LogP contribution in [-0.4, -0.2) is 13.2 Å². The Morgan fingerprint density at radius 3 is 2.74 bits per heavy atom. The van der Waals surface area contributed by atoms with E-state index in [0.717, 1.165) is 17.6 Å². The molecule has 102 valence electrons. The topological polar surface area (TPSA) is 21.3 Å². The van der Waals surface area contributed by atoms with Gasteiger partial charge in [0.1, 0.15) is 0 Å². The summed E-state index contributed by atoms with van der Waals surface area (Å²) in [6.45, 7) is 4.45. The second-order valence-electron chi connectivity index (χ2n) is 4.37. The van der Waals surface area contributed by atoms with Crippen LogP contribution in [0.15, 0.2) is 46.3 Å². The Balaban J connectivity index is 1.61. The number of nitrogens with one attached hydrogen (secondary N) is 1. The van der Waals surface area contributed by atoms with Gasteiger partial charge in [-0.3, -0.25) is 0 Å². The third-order valence-corrected chi connectivity index (χ3v) is 4.43. The molecule has 0 saturated heterocycles. The van der Waals surface area contributed by atoms with Crippen molar-refractivity contribution in [3.8, 4) is 0 Å². The highest BCUT2D eigenvalue weighted by molar-refractivity contribution is 9.10. The van der Waals surface area contributed by atoms with Crippen molar-refractivity contribution in [2.24, 2.45) is 0 Å². The average molecular weight is 340 g/mol. The van der Waals surface area contributed by atoms with Gasteiger partial charge in [0.2, 0.25) is 0 Å². The first-order chi connectivity index (χ1) is 9.25. The van der Waals surface area contributed by atoms with Crippen LogP contribution in [0.3, 0.4) is 0 Å². The molecule has 2 nitrogen and oxygen atoms in total. The van der Waals surface area contributed by atoms with Crippen LogP contribution >= 0.6 is 27.3 Å². The lowest BCUT2D eigenvalue weighted by molar-refractivity contribution is 0.121. The van der Waals surface area contributed by atoms with Gasteiger partial charge in [-0.25, -0.2) is 0 Å². The van der Waals surface area contributed by atoms with Gasteiger partial charge in [0.05, 0.1) is 13.2 Å². The Kier molecular flexibility index (Phi) is 6.04. The van der Waals surface area contributed by atoms with Crippen LogP contribution in [-0.2, 0) is 11.3 Å². The number of thiophene rings is 1. The predicted molar refractivity (Wildman–Crippen MR) is 84.5 cm³/mol. The molecule has 0 aliphatic heterocycles. The summed E-state index contributed by atoms with van der Waals surface area (Å²) in [5.41, 5.74) is 1.20. The largest absolute Gasteiger partial charge is 0.375 e. The van der Waals surface area contributed by atoms with E-state index in [0.29, 0.717) is 12.6 Å². The second-order valence-corrected chi connectivity index (χ2v) is 6.27. The Hall–Kier alpha value is -0.680. The molecule has 1 unspecified atom stereocenters. The van der Waals surface area contributed by atoms with Gasteiger partial charge < -0.3 is 10.1 Å². The molecule has 0 radical (unpaired) electrons. The smallest absolute Gasteiger partial charge is 0.0717 e. The Bertz CT molecular complexity index is 469. The van der Waals surface area contributed by atoms with E-state index in [-0.39, 0.29) is 0 Å². The maximum absolute atomic E-state index is 5.65. The van der Waals surface area contributed by atoms with E-state index in [4.69, 9.17) is 4.74 Å². The van der Waals surface area contributed by atoms with Crippen molar-refractivity contribution in [1.29, 1.82) is 0 Å². The van der Waals surface area contributed by atoms with E-state index in [1.165, 1.54) is 10.4 Å². The number of halogens is 1. The molecule has 0 amide bonds. The summed E-state index contributed by atoms with van der Waals surface area (Å²) in [4.78, 5) is 1.37. The normalized spacial score (nSPS) is 12.5. The van der Waals surface area contributed by atoms with Crippen LogP contribution < -0.4 is 5.32 Å². The summed E-state index contributed by atoms with van der Waals surface area (Å²) in [6.07, 6.45) is 0. The van der Waals surface area contributed by atoms with Gasteiger partial charge >= 0.3 is 0 Å².